The molecule has 0 spiro atoms. The molecule has 250 valence electrons. The Morgan fingerprint density at radius 2 is 0.547 bits per heavy atom. The van der Waals surface area contributed by atoms with Gasteiger partial charge in [0.2, 0.25) is 0 Å². The predicted octanol–water partition coefficient (Wildman–Crippen LogP) is 5.50. The second kappa shape index (κ2) is 13.9. The Morgan fingerprint density at radius 3 is 0.755 bits per heavy atom. The van der Waals surface area contributed by atoms with Crippen molar-refractivity contribution in [1.29, 1.82) is 0 Å². The van der Waals surface area contributed by atoms with E-state index in [4.69, 9.17) is 19.9 Å². The van der Waals surface area contributed by atoms with Crippen LogP contribution in [0.5, 0.6) is 0 Å². The van der Waals surface area contributed by atoms with Gasteiger partial charge in [0.05, 0.1) is 22.8 Å². The first-order valence-corrected chi connectivity index (χ1v) is 17.3. The minimum atomic E-state index is 0. The van der Waals surface area contributed by atoms with E-state index in [9.17, 15) is 0 Å². The van der Waals surface area contributed by atoms with Gasteiger partial charge in [-0.2, -0.15) is 0 Å². The summed E-state index contributed by atoms with van der Waals surface area (Å²) in [6.07, 6.45) is 24.9. The van der Waals surface area contributed by atoms with Crippen LogP contribution in [0.25, 0.3) is 90.9 Å². The number of rotatable bonds is 4. The van der Waals surface area contributed by atoms with E-state index < -0.39 is 0 Å². The summed E-state index contributed by atoms with van der Waals surface area (Å²) in [6.45, 7) is 0. The van der Waals surface area contributed by atoms with E-state index in [0.717, 1.165) is 89.4 Å². The molecule has 2 aliphatic heterocycles. The topological polar surface area (TPSA) is 69.5 Å². The third-order valence-electron chi connectivity index (χ3n) is 9.68. The van der Waals surface area contributed by atoms with Gasteiger partial charge in [0, 0.05) is 48.5 Å². The summed E-state index contributed by atoms with van der Waals surface area (Å²) in [4.78, 5) is 21.4. The molecule has 0 N–H and O–H groups in total. The zero-order valence-corrected chi connectivity index (χ0v) is 33.3. The van der Waals surface area contributed by atoms with Gasteiger partial charge < -0.3 is 9.97 Å². The first-order valence-electron chi connectivity index (χ1n) is 17.3. The molecule has 8 nitrogen and oxygen atoms in total. The molecular formula is C44H36InN8+5. The van der Waals surface area contributed by atoms with E-state index in [1.165, 1.54) is 0 Å². The Balaban J connectivity index is 0.00000400. The smallest absolute Gasteiger partial charge is 0.657 e. The van der Waals surface area contributed by atoms with E-state index in [-0.39, 0.29) is 25.8 Å². The van der Waals surface area contributed by atoms with Crippen molar-refractivity contribution in [2.75, 3.05) is 0 Å². The van der Waals surface area contributed by atoms with Crippen molar-refractivity contribution >= 4 is 72.2 Å². The molecule has 0 radical (unpaired) electrons. The van der Waals surface area contributed by atoms with Crippen LogP contribution in [0.1, 0.15) is 22.8 Å². The number of hydrogen-bond donors (Lipinski definition) is 0. The fourth-order valence-corrected chi connectivity index (χ4v) is 6.94. The van der Waals surface area contributed by atoms with Gasteiger partial charge in [-0.1, -0.05) is 24.3 Å². The molecule has 7 aromatic heterocycles. The summed E-state index contributed by atoms with van der Waals surface area (Å²) in [5.41, 5.74) is 14.7. The molecule has 0 amide bonds. The van der Waals surface area contributed by atoms with E-state index in [1.807, 2.05) is 46.5 Å². The molecule has 0 aliphatic carbocycles. The molecule has 7 aromatic rings. The molecule has 9 heterocycles. The molecule has 2 aliphatic rings. The van der Waals surface area contributed by atoms with Crippen LogP contribution >= 0.6 is 0 Å². The Bertz CT molecular complexity index is 2370. The number of nitrogens with zero attached hydrogens (tertiary/aromatic N) is 8. The summed E-state index contributed by atoms with van der Waals surface area (Å²) in [5.74, 6) is 0. The number of fused-ring (bicyclic) bond motifs is 8. The molecule has 0 fully saturated rings. The molecular weight excluding hydrogens is 755 g/mol. The zero-order chi connectivity index (χ0) is 35.3. The molecule has 53 heavy (non-hydrogen) atoms. The third-order valence-corrected chi connectivity index (χ3v) is 9.68. The van der Waals surface area contributed by atoms with E-state index in [0.29, 0.717) is 0 Å². The van der Waals surface area contributed by atoms with Crippen molar-refractivity contribution in [1.82, 2.24) is 19.9 Å². The first kappa shape index (κ1) is 34.2. The van der Waals surface area contributed by atoms with Crippen LogP contribution in [-0.4, -0.2) is 35.8 Å². The average Bonchev–Trinajstić information content (AvgIpc) is 3.99. The number of aryl methyl sites for hydroxylation is 4. The fourth-order valence-electron chi connectivity index (χ4n) is 6.94. The van der Waals surface area contributed by atoms with Crippen molar-refractivity contribution in [2.45, 2.75) is 0 Å². The van der Waals surface area contributed by atoms with Crippen LogP contribution in [0.2, 0.25) is 0 Å². The molecule has 0 saturated heterocycles. The minimum absolute atomic E-state index is 0. The van der Waals surface area contributed by atoms with Crippen LogP contribution in [0.15, 0.2) is 122 Å². The molecule has 0 saturated carbocycles. The molecule has 9 rings (SSSR count). The Hall–Kier alpha value is -5.93. The Labute approximate surface area is 326 Å². The molecule has 0 unspecified atom stereocenters. The fraction of sp³-hybridized carbons (Fsp3) is 0.0909. The van der Waals surface area contributed by atoms with Gasteiger partial charge in [0.1, 0.15) is 28.2 Å². The van der Waals surface area contributed by atoms with Gasteiger partial charge in [0.15, 0.2) is 49.6 Å². The second-order valence-corrected chi connectivity index (χ2v) is 13.4. The van der Waals surface area contributed by atoms with E-state index in [1.54, 1.807) is 0 Å². The van der Waals surface area contributed by atoms with Crippen LogP contribution in [0, 0.1) is 0 Å². The normalized spacial score (nSPS) is 11.8. The zero-order valence-electron chi connectivity index (χ0n) is 30.0. The first-order chi connectivity index (χ1) is 25.4. The maximum Gasteiger partial charge on any atom is 3.00 e. The summed E-state index contributed by atoms with van der Waals surface area (Å²) < 4.78 is 8.14. The van der Waals surface area contributed by atoms with Crippen molar-refractivity contribution in [3.05, 3.63) is 145 Å². The van der Waals surface area contributed by atoms with Gasteiger partial charge in [0.25, 0.3) is 0 Å². The summed E-state index contributed by atoms with van der Waals surface area (Å²) in [7, 11) is 8.10. The largest absolute Gasteiger partial charge is 3.00 e. The van der Waals surface area contributed by atoms with Gasteiger partial charge in [-0.25, -0.2) is 28.2 Å². The molecule has 0 aromatic carbocycles. The number of pyridine rings is 4. The van der Waals surface area contributed by atoms with Crippen molar-refractivity contribution in [3.8, 4) is 44.5 Å². The quantitative estimate of drug-likeness (QED) is 0.221. The standard InChI is InChI=1S/C44H36N8.In/c1-49-21-13-29(14-22-49)41-33-5-7-35(45-33)42(30-15-23-50(2)24-16-30)37-9-11-39(47-37)44(32-19-27-52(4)28-20-32)40-12-10-38(48-40)43(36-8-6-34(41)46-36)31-17-25-51(3)26-18-31;/h5-28H,1-4H3;/q+2;+3. The molecule has 0 atom stereocenters. The van der Waals surface area contributed by atoms with Crippen LogP contribution < -0.4 is 28.2 Å². The third kappa shape index (κ3) is 6.42. The maximum atomic E-state index is 5.35. The number of hydrogen-bond acceptors (Lipinski definition) is 2. The van der Waals surface area contributed by atoms with Gasteiger partial charge in [-0.15, -0.1) is 22.1 Å². The van der Waals surface area contributed by atoms with Crippen molar-refractivity contribution < 1.29 is 18.3 Å². The van der Waals surface area contributed by atoms with Crippen LogP contribution in [0.4, 0.5) is 0 Å². The molecule has 9 heteroatoms. The predicted molar refractivity (Wildman–Crippen MR) is 209 cm³/mol. The van der Waals surface area contributed by atoms with Gasteiger partial charge >= 0.3 is 25.8 Å². The summed E-state index contributed by atoms with van der Waals surface area (Å²) >= 11 is 0. The van der Waals surface area contributed by atoms with Gasteiger partial charge in [-0.05, 0) is 68.8 Å². The monoisotopic (exact) mass is 791 g/mol. The minimum Gasteiger partial charge on any atom is -0.657 e. The maximum absolute atomic E-state index is 5.35. The van der Waals surface area contributed by atoms with Crippen LogP contribution in [0.3, 0.4) is 0 Å². The Kier molecular flexibility index (Phi) is 8.96. The second-order valence-electron chi connectivity index (χ2n) is 13.4. The van der Waals surface area contributed by atoms with E-state index >= 15 is 0 Å². The van der Waals surface area contributed by atoms with Crippen LogP contribution in [-0.2, 0) is 28.2 Å². The SMILES string of the molecule is C[n+]1ccc(-c2c3nc(c(-c4cc[n+](C)cc4)c4ccc([n-]4)c(-c4cc[n+](C)cc4)c4nc(c(-c5cc[n+](C)cc5)c5ccc2[n-]5)C=C4)C=C3)cc1.[In+3]. The van der Waals surface area contributed by atoms with Crippen molar-refractivity contribution in [2.24, 2.45) is 28.2 Å². The summed E-state index contributed by atoms with van der Waals surface area (Å²) in [6, 6.07) is 25.4. The Morgan fingerprint density at radius 1 is 0.340 bits per heavy atom. The van der Waals surface area contributed by atoms with E-state index in [2.05, 4.69) is 147 Å². The summed E-state index contributed by atoms with van der Waals surface area (Å²) in [5, 5.41) is 0. The number of aromatic nitrogens is 8. The van der Waals surface area contributed by atoms with Gasteiger partial charge in [-0.3, -0.25) is 0 Å². The molecule has 8 bridgehead atoms. The average molecular weight is 792 g/mol. The van der Waals surface area contributed by atoms with Crippen molar-refractivity contribution in [3.63, 3.8) is 0 Å².